The summed E-state index contributed by atoms with van der Waals surface area (Å²) in [6, 6.07) is 0. The number of fused-ring (bicyclic) bond motifs is 2. The van der Waals surface area contributed by atoms with Crippen LogP contribution in [0, 0.1) is 11.3 Å². The molecule has 0 aromatic carbocycles. The van der Waals surface area contributed by atoms with Crippen molar-refractivity contribution >= 4 is 0 Å². The third-order valence-corrected chi connectivity index (χ3v) is 6.02. The van der Waals surface area contributed by atoms with Gasteiger partial charge in [-0.2, -0.15) is 0 Å². The Morgan fingerprint density at radius 3 is 2.06 bits per heavy atom. The lowest BCUT2D eigenvalue weighted by molar-refractivity contribution is -0.102. The van der Waals surface area contributed by atoms with Gasteiger partial charge in [0, 0.05) is 0 Å². The van der Waals surface area contributed by atoms with Gasteiger partial charge < -0.3 is 4.74 Å². The van der Waals surface area contributed by atoms with Crippen LogP contribution in [0.4, 0.5) is 0 Å². The van der Waals surface area contributed by atoms with E-state index in [4.69, 9.17) is 4.74 Å². The van der Waals surface area contributed by atoms with Gasteiger partial charge in [0.05, 0.1) is 11.7 Å². The van der Waals surface area contributed by atoms with Crippen LogP contribution < -0.4 is 0 Å². The summed E-state index contributed by atoms with van der Waals surface area (Å²) in [5.41, 5.74) is 0.806. The molecule has 2 saturated heterocycles. The Morgan fingerprint density at radius 1 is 1.00 bits per heavy atom. The lowest BCUT2D eigenvalue weighted by Crippen LogP contribution is -2.46. The quantitative estimate of drug-likeness (QED) is 0.676. The van der Waals surface area contributed by atoms with Crippen LogP contribution in [-0.2, 0) is 4.74 Å². The van der Waals surface area contributed by atoms with E-state index in [1.807, 2.05) is 0 Å². The molecule has 1 saturated carbocycles. The fraction of sp³-hybridized carbons (Fsp3) is 1.00. The molecule has 0 spiro atoms. The monoisotopic (exact) mass is 222 g/mol. The molecule has 2 heterocycles. The van der Waals surface area contributed by atoms with Crippen molar-refractivity contribution in [3.8, 4) is 0 Å². The zero-order valence-electron chi connectivity index (χ0n) is 10.9. The van der Waals surface area contributed by atoms with Crippen molar-refractivity contribution < 1.29 is 4.74 Å². The van der Waals surface area contributed by atoms with Crippen LogP contribution in [0.15, 0.2) is 0 Å². The summed E-state index contributed by atoms with van der Waals surface area (Å²) in [5, 5.41) is 0. The van der Waals surface area contributed by atoms with E-state index in [2.05, 4.69) is 13.8 Å². The minimum atomic E-state index is 0.302. The van der Waals surface area contributed by atoms with Crippen molar-refractivity contribution in [2.75, 3.05) is 0 Å². The normalized spacial score (nSPS) is 52.1. The summed E-state index contributed by atoms with van der Waals surface area (Å²) < 4.78 is 6.37. The molecule has 3 fully saturated rings. The third kappa shape index (κ3) is 1.47. The second-order valence-electron chi connectivity index (χ2n) is 6.72. The first-order valence-electron chi connectivity index (χ1n) is 7.35. The predicted molar refractivity (Wildman–Crippen MR) is 66.4 cm³/mol. The Bertz CT molecular complexity index is 255. The molecule has 0 amide bonds. The highest BCUT2D eigenvalue weighted by atomic mass is 16.5. The van der Waals surface area contributed by atoms with Gasteiger partial charge in [-0.25, -0.2) is 0 Å². The molecule has 0 N–H and O–H groups in total. The molecule has 2 aliphatic heterocycles. The molecule has 0 unspecified atom stereocenters. The predicted octanol–water partition coefficient (Wildman–Crippen LogP) is 4.30. The lowest BCUT2D eigenvalue weighted by atomic mass is 9.59. The highest BCUT2D eigenvalue weighted by Crippen LogP contribution is 2.59. The number of ether oxygens (including phenoxy) is 1. The highest BCUT2D eigenvalue weighted by Gasteiger charge is 2.57. The molecule has 0 atom stereocenters. The summed E-state index contributed by atoms with van der Waals surface area (Å²) in [5.74, 6) is 1.00. The van der Waals surface area contributed by atoms with E-state index in [1.54, 1.807) is 0 Å². The minimum Gasteiger partial charge on any atom is -0.371 e. The molecule has 2 bridgehead atoms. The summed E-state index contributed by atoms with van der Waals surface area (Å²) in [6.45, 7) is 4.87. The summed E-state index contributed by atoms with van der Waals surface area (Å²) >= 11 is 0. The molecule has 0 aromatic rings. The molecular formula is C15H26O. The maximum Gasteiger partial charge on any atom is 0.0741 e. The molecule has 92 valence electrons. The second kappa shape index (κ2) is 3.73. The molecule has 1 nitrogen and oxygen atoms in total. The van der Waals surface area contributed by atoms with Crippen molar-refractivity contribution in [1.29, 1.82) is 0 Å². The summed E-state index contributed by atoms with van der Waals surface area (Å²) in [4.78, 5) is 0. The molecule has 16 heavy (non-hydrogen) atoms. The third-order valence-electron chi connectivity index (χ3n) is 6.02. The molecule has 1 aliphatic carbocycles. The second-order valence-corrected chi connectivity index (χ2v) is 6.72. The number of hydrogen-bond acceptors (Lipinski definition) is 1. The van der Waals surface area contributed by atoms with E-state index >= 15 is 0 Å². The van der Waals surface area contributed by atoms with E-state index in [-0.39, 0.29) is 0 Å². The van der Waals surface area contributed by atoms with Gasteiger partial charge >= 0.3 is 0 Å². The number of rotatable bonds is 2. The van der Waals surface area contributed by atoms with Crippen LogP contribution in [0.5, 0.6) is 0 Å². The SMILES string of the molecule is CCC1CCC(C)(C23CCC(CC2)O3)CC1. The van der Waals surface area contributed by atoms with Gasteiger partial charge in [0.1, 0.15) is 0 Å². The first kappa shape index (κ1) is 11.1. The van der Waals surface area contributed by atoms with E-state index in [1.165, 1.54) is 57.8 Å². The summed E-state index contributed by atoms with van der Waals surface area (Å²) in [7, 11) is 0. The molecule has 0 aromatic heterocycles. The fourth-order valence-corrected chi connectivity index (χ4v) is 4.54. The largest absolute Gasteiger partial charge is 0.371 e. The average Bonchev–Trinajstić information content (AvgIpc) is 2.92. The summed E-state index contributed by atoms with van der Waals surface area (Å²) in [6.07, 6.45) is 13.1. The standard InChI is InChI=1S/C15H26O/c1-3-12-4-8-14(2,9-5-12)15-10-6-13(16-15)7-11-15/h12-13H,3-11H2,1-2H3. The van der Waals surface area contributed by atoms with Crippen LogP contribution in [-0.4, -0.2) is 11.7 Å². The van der Waals surface area contributed by atoms with Gasteiger partial charge in [-0.05, 0) is 62.7 Å². The van der Waals surface area contributed by atoms with E-state index in [9.17, 15) is 0 Å². The number of hydrogen-bond donors (Lipinski definition) is 0. The Labute approximate surface area is 99.9 Å². The van der Waals surface area contributed by atoms with Crippen LogP contribution in [0.2, 0.25) is 0 Å². The van der Waals surface area contributed by atoms with E-state index < -0.39 is 0 Å². The Balaban J connectivity index is 1.74. The topological polar surface area (TPSA) is 9.23 Å². The Morgan fingerprint density at radius 2 is 1.62 bits per heavy atom. The molecule has 3 aliphatic rings. The van der Waals surface area contributed by atoms with Gasteiger partial charge in [-0.3, -0.25) is 0 Å². The van der Waals surface area contributed by atoms with Crippen LogP contribution in [0.1, 0.15) is 71.6 Å². The van der Waals surface area contributed by atoms with Gasteiger partial charge in [-0.1, -0.05) is 20.3 Å². The van der Waals surface area contributed by atoms with Gasteiger partial charge in [-0.15, -0.1) is 0 Å². The first-order valence-corrected chi connectivity index (χ1v) is 7.35. The van der Waals surface area contributed by atoms with Crippen LogP contribution >= 0.6 is 0 Å². The molecule has 3 rings (SSSR count). The smallest absolute Gasteiger partial charge is 0.0741 e. The highest BCUT2D eigenvalue weighted by molar-refractivity contribution is 5.07. The van der Waals surface area contributed by atoms with E-state index in [0.29, 0.717) is 17.1 Å². The molecular weight excluding hydrogens is 196 g/mol. The maximum absolute atomic E-state index is 6.37. The molecule has 1 heteroatoms. The van der Waals surface area contributed by atoms with Crippen molar-refractivity contribution in [3.63, 3.8) is 0 Å². The molecule has 0 radical (unpaired) electrons. The lowest BCUT2D eigenvalue weighted by Gasteiger charge is -2.48. The van der Waals surface area contributed by atoms with Crippen LogP contribution in [0.25, 0.3) is 0 Å². The Kier molecular flexibility index (Phi) is 2.58. The van der Waals surface area contributed by atoms with E-state index in [0.717, 1.165) is 5.92 Å². The fourth-order valence-electron chi connectivity index (χ4n) is 4.54. The maximum atomic E-state index is 6.37. The first-order chi connectivity index (χ1) is 7.67. The average molecular weight is 222 g/mol. The van der Waals surface area contributed by atoms with Crippen molar-refractivity contribution in [2.24, 2.45) is 11.3 Å². The van der Waals surface area contributed by atoms with Crippen LogP contribution in [0.3, 0.4) is 0 Å². The zero-order valence-corrected chi connectivity index (χ0v) is 10.9. The van der Waals surface area contributed by atoms with Gasteiger partial charge in [0.15, 0.2) is 0 Å². The van der Waals surface area contributed by atoms with Crippen molar-refractivity contribution in [3.05, 3.63) is 0 Å². The van der Waals surface area contributed by atoms with Crippen molar-refractivity contribution in [1.82, 2.24) is 0 Å². The van der Waals surface area contributed by atoms with Crippen molar-refractivity contribution in [2.45, 2.75) is 83.3 Å². The van der Waals surface area contributed by atoms with Gasteiger partial charge in [0.2, 0.25) is 0 Å². The zero-order chi connectivity index (χ0) is 11.2. The van der Waals surface area contributed by atoms with Gasteiger partial charge in [0.25, 0.3) is 0 Å². The minimum absolute atomic E-state index is 0.302. The Hall–Kier alpha value is -0.0400.